The average Bonchev–Trinajstić information content (AvgIpc) is 0. The Bertz CT molecular complexity index is 11.6. The van der Waals surface area contributed by atoms with Crippen LogP contribution >= 0.6 is 0 Å². The van der Waals surface area contributed by atoms with E-state index in [1.54, 1.807) is 0 Å². The van der Waals surface area contributed by atoms with E-state index in [1.165, 1.54) is 0 Å². The zero-order valence-corrected chi connectivity index (χ0v) is 10.9. The van der Waals surface area contributed by atoms with Crippen molar-refractivity contribution >= 4 is 0 Å². The van der Waals surface area contributed by atoms with Gasteiger partial charge in [-0.15, -0.1) is 0 Å². The van der Waals surface area contributed by atoms with Gasteiger partial charge >= 0.3 is 0 Å². The van der Waals surface area contributed by atoms with E-state index in [0.29, 0.717) is 0 Å². The van der Waals surface area contributed by atoms with E-state index in [2.05, 4.69) is 0 Å². The summed E-state index contributed by atoms with van der Waals surface area (Å²) in [5, 5.41) is 0. The van der Waals surface area contributed by atoms with Gasteiger partial charge in [0.25, 0.3) is 0 Å². The summed E-state index contributed by atoms with van der Waals surface area (Å²) in [5.41, 5.74) is 0. The first-order valence-electron chi connectivity index (χ1n) is 0. The van der Waals surface area contributed by atoms with Gasteiger partial charge in [0.05, 0.1) is 0 Å². The summed E-state index contributed by atoms with van der Waals surface area (Å²) < 4.78 is 0. The van der Waals surface area contributed by atoms with Crippen molar-refractivity contribution in [1.82, 2.24) is 0 Å². The molecule has 5 heavy (non-hydrogen) atoms. The van der Waals surface area contributed by atoms with Crippen molar-refractivity contribution in [1.29, 1.82) is 0 Å². The predicted molar refractivity (Wildman–Crippen MR) is 0 cm³/mol. The molecule has 0 aromatic heterocycles. The SMILES string of the molecule is [Co].[Fe].[Nd].[Ni].[Sm]. The average molecular weight is 468 g/mol. The molecule has 0 spiro atoms. The van der Waals surface area contributed by atoms with Crippen molar-refractivity contribution in [2.24, 2.45) is 0 Å². The molecule has 0 aromatic rings. The third kappa shape index (κ3) is 17.9. The van der Waals surface area contributed by atoms with Crippen molar-refractivity contribution in [3.8, 4) is 0 Å². The predicted octanol–water partition coefficient (Wildman–Crippen LogP) is -0.00750. The molecule has 0 aliphatic heterocycles. The smallest absolute Gasteiger partial charge is 0 e. The van der Waals surface area contributed by atoms with E-state index in [-0.39, 0.29) is 132 Å². The molecule has 0 aromatic carbocycles. The topological polar surface area (TPSA) is 0 Å². The minimum Gasteiger partial charge on any atom is 0 e. The first kappa shape index (κ1) is 35.0. The third-order valence-electron chi connectivity index (χ3n) is 0. The fraction of sp³-hybridized carbons (Fsp3) is 0. The van der Waals surface area contributed by atoms with Crippen LogP contribution in [-0.2, 0) is 50.3 Å². The van der Waals surface area contributed by atoms with Crippen LogP contribution < -0.4 is 0 Å². The monoisotopic (exact) mass is 467 g/mol. The molecule has 0 saturated heterocycles. The Labute approximate surface area is 128 Å². The molecule has 0 aliphatic carbocycles. The Morgan fingerprint density at radius 3 is 1.00 bits per heavy atom. The van der Waals surface area contributed by atoms with Crippen LogP contribution in [0, 0.1) is 81.2 Å². The van der Waals surface area contributed by atoms with Crippen LogP contribution in [0.2, 0.25) is 0 Å². The normalized spacial score (nSPS) is 0. The Kier molecular flexibility index (Phi) is 169. The van der Waals surface area contributed by atoms with Gasteiger partial charge in [-0.05, 0) is 0 Å². The molecule has 0 aliphatic rings. The minimum absolute atomic E-state index is 0. The maximum absolute atomic E-state index is 0. The van der Waals surface area contributed by atoms with Gasteiger partial charge in [-0.2, -0.15) is 0 Å². The summed E-state index contributed by atoms with van der Waals surface area (Å²) in [4.78, 5) is 0. The molecule has 0 N–H and O–H groups in total. The van der Waals surface area contributed by atoms with Gasteiger partial charge in [-0.3, -0.25) is 0 Å². The summed E-state index contributed by atoms with van der Waals surface area (Å²) in [6.45, 7) is 0. The molecular weight excluding hydrogens is 468 g/mol. The molecule has 0 rings (SSSR count). The van der Waals surface area contributed by atoms with E-state index in [0.717, 1.165) is 0 Å². The molecule has 37 valence electrons. The molecule has 0 fully saturated rings. The molecule has 0 saturated carbocycles. The minimum atomic E-state index is 0. The third-order valence-corrected chi connectivity index (χ3v) is 0. The second-order valence-electron chi connectivity index (χ2n) is 0. The van der Waals surface area contributed by atoms with Gasteiger partial charge in [0, 0.05) is 132 Å². The molecule has 1 radical (unpaired) electrons. The fourth-order valence-electron chi connectivity index (χ4n) is 0. The first-order valence-corrected chi connectivity index (χ1v) is 0. The van der Waals surface area contributed by atoms with Gasteiger partial charge in [0.15, 0.2) is 0 Å². The molecule has 0 bridgehead atoms. The van der Waals surface area contributed by atoms with E-state index in [4.69, 9.17) is 0 Å². The van der Waals surface area contributed by atoms with Crippen LogP contribution in [0.15, 0.2) is 0 Å². The van der Waals surface area contributed by atoms with E-state index in [9.17, 15) is 0 Å². The summed E-state index contributed by atoms with van der Waals surface area (Å²) in [6.07, 6.45) is 0. The van der Waals surface area contributed by atoms with Gasteiger partial charge in [0.2, 0.25) is 0 Å². The van der Waals surface area contributed by atoms with Crippen LogP contribution in [0.1, 0.15) is 0 Å². The first-order chi connectivity index (χ1) is 0. The zero-order valence-electron chi connectivity index (χ0n) is 1.91. The molecular formula is CoFeNdNiSm. The van der Waals surface area contributed by atoms with Crippen molar-refractivity contribution in [3.63, 3.8) is 0 Å². The van der Waals surface area contributed by atoms with Gasteiger partial charge < -0.3 is 0 Å². The molecule has 0 nitrogen and oxygen atoms in total. The van der Waals surface area contributed by atoms with Crippen LogP contribution in [0.5, 0.6) is 0 Å². The van der Waals surface area contributed by atoms with E-state index < -0.39 is 0 Å². The van der Waals surface area contributed by atoms with Gasteiger partial charge in [-0.25, -0.2) is 0 Å². The van der Waals surface area contributed by atoms with E-state index in [1.807, 2.05) is 0 Å². The van der Waals surface area contributed by atoms with Crippen LogP contribution in [0.4, 0.5) is 0 Å². The van der Waals surface area contributed by atoms with Crippen molar-refractivity contribution < 1.29 is 132 Å². The summed E-state index contributed by atoms with van der Waals surface area (Å²) >= 11 is 0. The molecule has 0 amide bonds. The Hall–Kier alpha value is 4.21. The largest absolute Gasteiger partial charge is 0 e. The van der Waals surface area contributed by atoms with Crippen LogP contribution in [0.25, 0.3) is 0 Å². The van der Waals surface area contributed by atoms with Crippen molar-refractivity contribution in [2.75, 3.05) is 0 Å². The maximum Gasteiger partial charge on any atom is 0 e. The Morgan fingerprint density at radius 2 is 1.00 bits per heavy atom. The summed E-state index contributed by atoms with van der Waals surface area (Å²) in [7, 11) is 0. The zero-order chi connectivity index (χ0) is 0. The number of hydrogen-bond donors (Lipinski definition) is 0. The molecule has 0 atom stereocenters. The quantitative estimate of drug-likeness (QED) is 0.440. The molecule has 0 heterocycles. The van der Waals surface area contributed by atoms with Crippen LogP contribution in [0.3, 0.4) is 0 Å². The van der Waals surface area contributed by atoms with Gasteiger partial charge in [0.1, 0.15) is 0 Å². The Morgan fingerprint density at radius 1 is 1.00 bits per heavy atom. The molecule has 5 heteroatoms. The molecule has 0 unspecified atom stereocenters. The van der Waals surface area contributed by atoms with E-state index >= 15 is 0 Å². The second-order valence-corrected chi connectivity index (χ2v) is 0. The Balaban J connectivity index is 0. The van der Waals surface area contributed by atoms with Gasteiger partial charge in [-0.1, -0.05) is 0 Å². The maximum atomic E-state index is 0. The summed E-state index contributed by atoms with van der Waals surface area (Å²) in [5.74, 6) is 0. The van der Waals surface area contributed by atoms with Crippen molar-refractivity contribution in [3.05, 3.63) is 0 Å². The van der Waals surface area contributed by atoms with Crippen molar-refractivity contribution in [2.45, 2.75) is 0 Å². The van der Waals surface area contributed by atoms with Crippen LogP contribution in [-0.4, -0.2) is 0 Å². The summed E-state index contributed by atoms with van der Waals surface area (Å²) in [6, 6.07) is 0. The fourth-order valence-corrected chi connectivity index (χ4v) is 0. The number of hydrogen-bond acceptors (Lipinski definition) is 0. The number of rotatable bonds is 0. The standard InChI is InChI=1S/Co.Fe.Nd.Ni.Sm. The second kappa shape index (κ2) is 24.1.